The van der Waals surface area contributed by atoms with E-state index in [4.69, 9.17) is 10.0 Å². The molecule has 0 unspecified atom stereocenters. The van der Waals surface area contributed by atoms with Crippen molar-refractivity contribution in [2.24, 2.45) is 0 Å². The summed E-state index contributed by atoms with van der Waals surface area (Å²) in [7, 11) is -1.39. The van der Waals surface area contributed by atoms with Gasteiger partial charge < -0.3 is 23.7 Å². The molecule has 5 aliphatic rings. The standard InChI is InChI=1S/C45H32N2.C28H22.C18H12BrN.C15H13Br.C13H11BO2/c1-45(2)39-17-9-6-14-33(39)34-23-20-30(27-40(34)45)29-21-25-43-38(26-29)36-16-8-11-19-42(36)47(43)32-22-24-37-35-15-7-10-18-41(35)46(44(37)28-32)31-12-4-3-5-13-31;1-28(2)26-10-6-5-9-23(26)24-14-13-19(17-27(24)28)18-11-12-21-15-20-7-3-4-8-22(20)25(21)16-18;19-13-10-11-16-15-8-4-5-9-17(15)20(18(16)12-13)14-6-2-1-3-7-14;1-15(2)13-6-4-3-5-11(13)12-8-7-10(16)9-14(12)15;15-14(16)11-6-5-10-7-9-3-1-2-4-12(9)13(10)8-11/h3-28H,1-2H3;3-14,16-17H,15H2,1-2H3;1-12H;3-9H,1-2H3;1-6,8,15-16H,7H2. The second kappa shape index (κ2) is 31.5. The van der Waals surface area contributed by atoms with Crippen molar-refractivity contribution in [2.75, 3.05) is 0 Å². The Balaban J connectivity index is 0.000000101. The maximum atomic E-state index is 9.16. The summed E-state index contributed by atoms with van der Waals surface area (Å²) in [4.78, 5) is 0. The van der Waals surface area contributed by atoms with E-state index in [1.165, 1.54) is 205 Å². The highest BCUT2D eigenvalue weighted by molar-refractivity contribution is 9.10. The topological polar surface area (TPSA) is 55.2 Å². The number of benzene rings is 18. The molecule has 3 heterocycles. The summed E-state index contributed by atoms with van der Waals surface area (Å²) in [5.41, 5.74) is 44.0. The van der Waals surface area contributed by atoms with Crippen molar-refractivity contribution in [2.45, 2.75) is 70.6 Å². The quantitative estimate of drug-likeness (QED) is 0.163. The van der Waals surface area contributed by atoms with Gasteiger partial charge >= 0.3 is 7.12 Å². The number of fused-ring (bicyclic) bond motifs is 24. The third kappa shape index (κ3) is 13.5. The Bertz CT molecular complexity index is 8000. The van der Waals surface area contributed by atoms with E-state index in [2.05, 4.69) is 451 Å². The summed E-state index contributed by atoms with van der Waals surface area (Å²) < 4.78 is 9.41. The van der Waals surface area contributed by atoms with E-state index < -0.39 is 7.12 Å². The van der Waals surface area contributed by atoms with Crippen LogP contribution in [-0.4, -0.2) is 30.9 Å². The highest BCUT2D eigenvalue weighted by atomic mass is 79.9. The lowest BCUT2D eigenvalue weighted by atomic mass is 9.79. The van der Waals surface area contributed by atoms with Crippen LogP contribution in [0, 0.1) is 0 Å². The van der Waals surface area contributed by atoms with E-state index in [0.717, 1.165) is 33.0 Å². The average Bonchev–Trinajstić information content (AvgIpc) is 1.58. The van der Waals surface area contributed by atoms with Crippen molar-refractivity contribution in [1.29, 1.82) is 0 Å². The molecular weight excluding hydrogens is 1670 g/mol. The van der Waals surface area contributed by atoms with Gasteiger partial charge in [0.2, 0.25) is 0 Å². The van der Waals surface area contributed by atoms with Gasteiger partial charge in [-0.05, 0) is 261 Å². The number of para-hydroxylation sites is 5. The molecule has 2 N–H and O–H groups in total. The van der Waals surface area contributed by atoms with Gasteiger partial charge in [-0.1, -0.05) is 365 Å². The molecule has 0 aliphatic heterocycles. The summed E-state index contributed by atoms with van der Waals surface area (Å²) in [5.74, 6) is 0. The number of halogens is 2. The van der Waals surface area contributed by atoms with Gasteiger partial charge in [-0.2, -0.15) is 0 Å². The first-order chi connectivity index (χ1) is 61.9. The smallest absolute Gasteiger partial charge is 0.423 e. The Morgan fingerprint density at radius 3 is 1.06 bits per heavy atom. The fourth-order valence-electron chi connectivity index (χ4n) is 21.2. The fraction of sp³-hybridized carbons (Fsp3) is 0.0924. The molecule has 21 aromatic rings. The molecular formula is C119H90BBr2N3O2. The lowest BCUT2D eigenvalue weighted by Crippen LogP contribution is -2.29. The Hall–Kier alpha value is -13.7. The van der Waals surface area contributed by atoms with Crippen LogP contribution in [-0.2, 0) is 29.1 Å². The van der Waals surface area contributed by atoms with Crippen LogP contribution in [0.1, 0.15) is 97.2 Å². The van der Waals surface area contributed by atoms with E-state index in [0.29, 0.717) is 5.46 Å². The van der Waals surface area contributed by atoms with Gasteiger partial charge in [-0.25, -0.2) is 0 Å². The molecule has 3 aromatic heterocycles. The largest absolute Gasteiger partial charge is 0.488 e. The van der Waals surface area contributed by atoms with Gasteiger partial charge in [-0.15, -0.1) is 0 Å². The monoisotopic (exact) mass is 1760 g/mol. The molecule has 0 saturated carbocycles. The first kappa shape index (κ1) is 79.2. The summed E-state index contributed by atoms with van der Waals surface area (Å²) in [6, 6.07) is 144. The maximum absolute atomic E-state index is 9.16. The molecule has 18 aromatic carbocycles. The predicted octanol–water partition coefficient (Wildman–Crippen LogP) is 30.3. The second-order valence-electron chi connectivity index (χ2n) is 35.9. The molecule has 8 heteroatoms. The Kier molecular flexibility index (Phi) is 19.6. The molecule has 5 aliphatic carbocycles. The van der Waals surface area contributed by atoms with Crippen LogP contribution in [0.25, 0.3) is 160 Å². The van der Waals surface area contributed by atoms with Crippen molar-refractivity contribution in [3.05, 3.63) is 465 Å². The normalized spacial score (nSPS) is 13.6. The highest BCUT2D eigenvalue weighted by Crippen LogP contribution is 2.54. The summed E-state index contributed by atoms with van der Waals surface area (Å²) in [5, 5.41) is 26.0. The average molecular weight is 1760 g/mol. The fourth-order valence-corrected chi connectivity index (χ4v) is 21.9. The Morgan fingerprint density at radius 2 is 0.551 bits per heavy atom. The molecule has 0 spiro atoms. The summed E-state index contributed by atoms with van der Waals surface area (Å²) in [6.07, 6.45) is 1.99. The molecule has 0 bridgehead atoms. The summed E-state index contributed by atoms with van der Waals surface area (Å²) >= 11 is 7.14. The number of hydrogen-bond donors (Lipinski definition) is 2. The molecule has 5 nitrogen and oxygen atoms in total. The van der Waals surface area contributed by atoms with Crippen LogP contribution >= 0.6 is 31.9 Å². The van der Waals surface area contributed by atoms with Crippen molar-refractivity contribution in [1.82, 2.24) is 13.7 Å². The lowest BCUT2D eigenvalue weighted by Gasteiger charge is -2.22. The first-order valence-corrected chi connectivity index (χ1v) is 45.5. The number of aromatic nitrogens is 3. The lowest BCUT2D eigenvalue weighted by molar-refractivity contribution is 0.426. The van der Waals surface area contributed by atoms with Gasteiger partial charge in [0.15, 0.2) is 0 Å². The van der Waals surface area contributed by atoms with E-state index in [1.807, 2.05) is 30.3 Å². The van der Waals surface area contributed by atoms with Crippen LogP contribution in [0.3, 0.4) is 0 Å². The Labute approximate surface area is 758 Å². The van der Waals surface area contributed by atoms with Gasteiger partial charge in [0.1, 0.15) is 0 Å². The van der Waals surface area contributed by atoms with Crippen LogP contribution in [0.2, 0.25) is 0 Å². The molecule has 0 atom stereocenters. The first-order valence-electron chi connectivity index (χ1n) is 44.0. The minimum atomic E-state index is -1.39. The zero-order valence-electron chi connectivity index (χ0n) is 71.6. The van der Waals surface area contributed by atoms with E-state index in [1.54, 1.807) is 6.07 Å². The zero-order chi connectivity index (χ0) is 86.1. The Morgan fingerprint density at radius 1 is 0.220 bits per heavy atom. The van der Waals surface area contributed by atoms with Crippen LogP contribution in [0.4, 0.5) is 0 Å². The van der Waals surface area contributed by atoms with E-state index in [-0.39, 0.29) is 16.2 Å². The molecule has 127 heavy (non-hydrogen) atoms. The molecule has 26 rings (SSSR count). The van der Waals surface area contributed by atoms with Gasteiger partial charge in [-0.3, -0.25) is 0 Å². The molecule has 0 saturated heterocycles. The van der Waals surface area contributed by atoms with Crippen LogP contribution < -0.4 is 5.46 Å². The number of rotatable bonds is 6. The molecule has 0 amide bonds. The third-order valence-electron chi connectivity index (χ3n) is 27.6. The zero-order valence-corrected chi connectivity index (χ0v) is 74.8. The van der Waals surface area contributed by atoms with Gasteiger partial charge in [0, 0.05) is 74.6 Å². The molecule has 0 radical (unpaired) electrons. The third-order valence-corrected chi connectivity index (χ3v) is 28.5. The molecule has 610 valence electrons. The van der Waals surface area contributed by atoms with Crippen molar-refractivity contribution >= 4 is 110 Å². The minimum Gasteiger partial charge on any atom is -0.423 e. The molecule has 0 fully saturated rings. The number of nitrogens with zero attached hydrogens (tertiary/aromatic N) is 3. The second-order valence-corrected chi connectivity index (χ2v) is 37.7. The predicted molar refractivity (Wildman–Crippen MR) is 541 cm³/mol. The maximum Gasteiger partial charge on any atom is 0.488 e. The van der Waals surface area contributed by atoms with Crippen molar-refractivity contribution < 1.29 is 10.0 Å². The van der Waals surface area contributed by atoms with Gasteiger partial charge in [0.25, 0.3) is 0 Å². The SMILES string of the molecule is Brc1ccc2c3ccccc3n(-c3ccccc3)c2c1.CC1(C)c2ccccc2-c2ccc(-c3ccc4c(c3)-c3ccccc3C4)cc21.CC1(C)c2ccccc2-c2ccc(-c3ccc4c(c3)c3ccccc3n4-c3ccc4c5ccccc5n(-c5ccccc5)c4c3)cc21.CC1(C)c2ccccc2-c2ccc(Br)cc21.OB(O)c1ccc2c(c1)-c1ccccc1C2. The number of hydrogen-bond acceptors (Lipinski definition) is 2. The highest BCUT2D eigenvalue weighted by Gasteiger charge is 2.39. The van der Waals surface area contributed by atoms with Crippen molar-refractivity contribution in [3.8, 4) is 95.0 Å². The minimum absolute atomic E-state index is 0.0249. The van der Waals surface area contributed by atoms with E-state index >= 15 is 0 Å². The van der Waals surface area contributed by atoms with Crippen LogP contribution in [0.5, 0.6) is 0 Å². The van der Waals surface area contributed by atoms with E-state index in [9.17, 15) is 0 Å². The van der Waals surface area contributed by atoms with Gasteiger partial charge in [0.05, 0.1) is 33.1 Å². The van der Waals surface area contributed by atoms with Crippen molar-refractivity contribution in [3.63, 3.8) is 0 Å². The van der Waals surface area contributed by atoms with Crippen LogP contribution in [0.15, 0.2) is 409 Å². The summed E-state index contributed by atoms with van der Waals surface area (Å²) in [6.45, 7) is 14.0.